The van der Waals surface area contributed by atoms with Crippen LogP contribution in [0.5, 0.6) is 0 Å². The van der Waals surface area contributed by atoms with Crippen LogP contribution in [-0.2, 0) is 33.3 Å². The number of anilines is 3. The van der Waals surface area contributed by atoms with Gasteiger partial charge in [0.1, 0.15) is 0 Å². The van der Waals surface area contributed by atoms with Crippen LogP contribution in [-0.4, -0.2) is 81.7 Å². The van der Waals surface area contributed by atoms with Crippen LogP contribution < -0.4 is 14.7 Å². The molecule has 5 aromatic carbocycles. The molecule has 0 atom stereocenters. The summed E-state index contributed by atoms with van der Waals surface area (Å²) >= 11 is 0. The Hall–Kier alpha value is -3.68. The first kappa shape index (κ1) is 44.0. The molecule has 0 unspecified atom stereocenters. The zero-order chi connectivity index (χ0) is 39.2. The van der Waals surface area contributed by atoms with E-state index >= 15 is 0 Å². The average molecular weight is 794 g/mol. The molecule has 0 amide bonds. The van der Waals surface area contributed by atoms with Crippen molar-refractivity contribution < 1.29 is 25.9 Å². The molecular weight excluding hydrogens is 742 g/mol. The predicted molar refractivity (Wildman–Crippen MR) is 226 cm³/mol. The maximum atomic E-state index is 11.8. The van der Waals surface area contributed by atoms with E-state index in [1.807, 2.05) is 12.1 Å². The summed E-state index contributed by atoms with van der Waals surface area (Å²) in [5.41, 5.74) is 10.5. The van der Waals surface area contributed by atoms with Crippen molar-refractivity contribution in [3.8, 4) is 0 Å². The molecule has 0 aromatic heterocycles. The van der Waals surface area contributed by atoms with Crippen LogP contribution >= 0.6 is 0 Å². The first-order valence-electron chi connectivity index (χ1n) is 18.3. The number of rotatable bonds is 16. The third kappa shape index (κ3) is 10.8. The number of aryl methyl sites for hydroxylation is 2. The Morgan fingerprint density at radius 2 is 0.891 bits per heavy atom. The number of benzene rings is 5. The van der Waals surface area contributed by atoms with Crippen molar-refractivity contribution >= 4 is 66.9 Å². The fraction of sp³-hybridized carbons (Fsp3) is 0.302. The summed E-state index contributed by atoms with van der Waals surface area (Å²) in [6, 6.07) is 34.7. The van der Waals surface area contributed by atoms with E-state index in [4.69, 9.17) is 0 Å². The van der Waals surface area contributed by atoms with Crippen LogP contribution in [0.4, 0.5) is 17.1 Å². The van der Waals surface area contributed by atoms with E-state index < -0.39 is 20.2 Å². The summed E-state index contributed by atoms with van der Waals surface area (Å²) in [6.45, 7) is 16.9. The standard InChI is InChI=1S/C43H51N3O6S2.Na.H/c1-7-44(8-2)36-19-17-35(18-20-36)43(41-23-21-37(25-31(41)5)45(9-3)29-33-13-11-15-39(27-33)53(47,48)49)42-24-22-38(26-32(42)6)46(10-4)30-34-14-12-16-40(28-34)54(50,51)52;;/h11-28,43H,7-10,29-30H2,1-6H3,(H,47,48,49)(H,50,51,52);;. The number of hydrogen-bond donors (Lipinski definition) is 2. The Kier molecular flexibility index (Phi) is 15.2. The monoisotopic (exact) mass is 793 g/mol. The molecular formula is C43H52N3NaO6S2. The van der Waals surface area contributed by atoms with Crippen molar-refractivity contribution in [1.82, 2.24) is 0 Å². The van der Waals surface area contributed by atoms with Crippen molar-refractivity contribution in [2.75, 3.05) is 40.9 Å². The van der Waals surface area contributed by atoms with Gasteiger partial charge in [-0.15, -0.1) is 0 Å². The number of nitrogens with zero attached hydrogens (tertiary/aromatic N) is 3. The summed E-state index contributed by atoms with van der Waals surface area (Å²) in [6.07, 6.45) is 0. The van der Waals surface area contributed by atoms with Crippen molar-refractivity contribution in [1.29, 1.82) is 0 Å². The molecule has 288 valence electrons. The van der Waals surface area contributed by atoms with Gasteiger partial charge < -0.3 is 14.7 Å². The van der Waals surface area contributed by atoms with E-state index in [1.54, 1.807) is 12.1 Å². The molecule has 0 fully saturated rings. The van der Waals surface area contributed by atoms with Crippen molar-refractivity contribution in [2.45, 2.75) is 70.3 Å². The Labute approximate surface area is 349 Å². The fourth-order valence-corrected chi connectivity index (χ4v) is 8.28. The van der Waals surface area contributed by atoms with Gasteiger partial charge in [0.25, 0.3) is 20.2 Å². The van der Waals surface area contributed by atoms with E-state index in [2.05, 4.69) is 117 Å². The second-order valence-corrected chi connectivity index (χ2v) is 16.4. The SMILES string of the molecule is CCN(CC)c1ccc(C(c2ccc(N(CC)Cc3cccc(S(=O)(=O)O)c3)cc2C)c2ccc(N(CC)Cc3cccc(S(=O)(=O)O)c3)cc2C)cc1.[NaH]. The summed E-state index contributed by atoms with van der Waals surface area (Å²) in [5, 5.41) is 0. The molecule has 0 heterocycles. The molecule has 0 aliphatic rings. The second-order valence-electron chi connectivity index (χ2n) is 13.6. The zero-order valence-electron chi connectivity index (χ0n) is 31.9. The molecule has 0 aliphatic heterocycles. The quantitative estimate of drug-likeness (QED) is 0.0579. The van der Waals surface area contributed by atoms with Crippen molar-refractivity contribution in [3.63, 3.8) is 0 Å². The predicted octanol–water partition coefficient (Wildman–Crippen LogP) is 8.23. The Morgan fingerprint density at radius 3 is 1.24 bits per heavy atom. The van der Waals surface area contributed by atoms with E-state index in [9.17, 15) is 25.9 Å². The normalized spacial score (nSPS) is 11.7. The van der Waals surface area contributed by atoms with Gasteiger partial charge in [0, 0.05) is 62.2 Å². The van der Waals surface area contributed by atoms with E-state index in [1.165, 1.54) is 46.6 Å². The van der Waals surface area contributed by atoms with Gasteiger partial charge in [-0.3, -0.25) is 9.11 Å². The summed E-state index contributed by atoms with van der Waals surface area (Å²) in [4.78, 5) is 6.45. The zero-order valence-corrected chi connectivity index (χ0v) is 33.5. The van der Waals surface area contributed by atoms with Crippen LogP contribution in [0.3, 0.4) is 0 Å². The van der Waals surface area contributed by atoms with Gasteiger partial charge in [-0.25, -0.2) is 0 Å². The molecule has 0 radical (unpaired) electrons. The molecule has 0 aliphatic carbocycles. The molecule has 2 N–H and O–H groups in total. The van der Waals surface area contributed by atoms with Crippen LogP contribution in [0.25, 0.3) is 0 Å². The number of hydrogen-bond acceptors (Lipinski definition) is 7. The minimum atomic E-state index is -4.30. The summed E-state index contributed by atoms with van der Waals surface area (Å²) < 4.78 is 66.3. The fourth-order valence-electron chi connectivity index (χ4n) is 7.17. The molecule has 12 heteroatoms. The van der Waals surface area contributed by atoms with Gasteiger partial charge in [-0.1, -0.05) is 48.5 Å². The molecule has 9 nitrogen and oxygen atoms in total. The second kappa shape index (κ2) is 19.0. The molecule has 55 heavy (non-hydrogen) atoms. The van der Waals surface area contributed by atoms with Gasteiger partial charge >= 0.3 is 29.6 Å². The molecule has 0 saturated heterocycles. The van der Waals surface area contributed by atoms with E-state index in [0.29, 0.717) is 26.2 Å². The minimum absolute atomic E-state index is 0. The first-order chi connectivity index (χ1) is 25.7. The average Bonchev–Trinajstić information content (AvgIpc) is 3.14. The molecule has 5 rings (SSSR count). The summed E-state index contributed by atoms with van der Waals surface area (Å²) in [7, 11) is -8.61. The molecule has 0 saturated carbocycles. The van der Waals surface area contributed by atoms with Crippen LogP contribution in [0.2, 0.25) is 0 Å². The van der Waals surface area contributed by atoms with Crippen LogP contribution in [0.1, 0.15) is 72.6 Å². The van der Waals surface area contributed by atoms with Gasteiger partial charge in [0.05, 0.1) is 9.79 Å². The van der Waals surface area contributed by atoms with Gasteiger partial charge in [-0.2, -0.15) is 16.8 Å². The Balaban J connectivity index is 0.00000673. The van der Waals surface area contributed by atoms with E-state index in [-0.39, 0.29) is 45.3 Å². The van der Waals surface area contributed by atoms with Crippen molar-refractivity contribution in [2.24, 2.45) is 0 Å². The Morgan fingerprint density at radius 1 is 0.509 bits per heavy atom. The third-order valence-electron chi connectivity index (χ3n) is 10.1. The van der Waals surface area contributed by atoms with Gasteiger partial charge in [0.2, 0.25) is 0 Å². The Bertz CT molecular complexity index is 2160. The topological polar surface area (TPSA) is 118 Å². The molecule has 0 spiro atoms. The molecule has 0 bridgehead atoms. The van der Waals surface area contributed by atoms with Crippen LogP contribution in [0, 0.1) is 13.8 Å². The first-order valence-corrected chi connectivity index (χ1v) is 21.2. The molecule has 5 aromatic rings. The van der Waals surface area contributed by atoms with E-state index in [0.717, 1.165) is 46.7 Å². The van der Waals surface area contributed by atoms with Gasteiger partial charge in [-0.05, 0) is 141 Å². The van der Waals surface area contributed by atoms with Gasteiger partial charge in [0.15, 0.2) is 0 Å². The van der Waals surface area contributed by atoms with Crippen LogP contribution in [0.15, 0.2) is 119 Å². The maximum absolute atomic E-state index is 11.8. The summed E-state index contributed by atoms with van der Waals surface area (Å²) in [5.74, 6) is -0.0677. The van der Waals surface area contributed by atoms with Crippen molar-refractivity contribution in [3.05, 3.63) is 148 Å². The third-order valence-corrected chi connectivity index (χ3v) is 11.8.